The predicted octanol–water partition coefficient (Wildman–Crippen LogP) is 6.89. The molecule has 1 aromatic heterocycles. The maximum absolute atomic E-state index is 12.2. The standard InChI is InChI=1S/C25H22N4O2S.HI/c1-18(30)29(22-13-9-20(10-14-22)27-19-6-3-2-4-7-19)31-23-15-11-21(12-16-23)28-25(26)24-8-5-17-32-24;/h2-17,27H,1H3,(H2,26,28);1H. The average molecular weight is 570 g/mol. The fourth-order valence-corrected chi connectivity index (χ4v) is 3.63. The molecule has 0 unspecified atom stereocenters. The normalized spacial score (nSPS) is 9.97. The van der Waals surface area contributed by atoms with Crippen molar-refractivity contribution in [2.45, 2.75) is 6.92 Å². The average Bonchev–Trinajstić information content (AvgIpc) is 3.35. The third kappa shape index (κ3) is 6.56. The summed E-state index contributed by atoms with van der Waals surface area (Å²) < 4.78 is 0. The number of benzene rings is 3. The number of nitrogens with one attached hydrogen (secondary N) is 3. The first-order valence-corrected chi connectivity index (χ1v) is 10.9. The number of nitrogens with zero attached hydrogens (tertiary/aromatic N) is 1. The zero-order valence-electron chi connectivity index (χ0n) is 17.8. The van der Waals surface area contributed by atoms with Crippen LogP contribution in [0.5, 0.6) is 5.75 Å². The van der Waals surface area contributed by atoms with Gasteiger partial charge in [0.15, 0.2) is 5.75 Å². The molecule has 33 heavy (non-hydrogen) atoms. The molecule has 3 N–H and O–H groups in total. The van der Waals surface area contributed by atoms with Gasteiger partial charge in [0, 0.05) is 24.0 Å². The molecular weight excluding hydrogens is 547 g/mol. The summed E-state index contributed by atoms with van der Waals surface area (Å²) in [5.74, 6) is 0.610. The van der Waals surface area contributed by atoms with Crippen LogP contribution >= 0.6 is 35.3 Å². The van der Waals surface area contributed by atoms with Crippen molar-refractivity contribution in [3.8, 4) is 5.75 Å². The molecule has 0 saturated heterocycles. The summed E-state index contributed by atoms with van der Waals surface area (Å²) in [6.07, 6.45) is 0. The molecule has 0 saturated carbocycles. The second-order valence-corrected chi connectivity index (χ2v) is 7.89. The molecule has 8 heteroatoms. The Hall–Kier alpha value is -3.37. The molecule has 0 aliphatic heterocycles. The predicted molar refractivity (Wildman–Crippen MR) is 147 cm³/mol. The molecule has 0 bridgehead atoms. The summed E-state index contributed by atoms with van der Waals surface area (Å²) in [5, 5.41) is 17.7. The number of anilines is 4. The van der Waals surface area contributed by atoms with Crippen molar-refractivity contribution in [3.05, 3.63) is 101 Å². The summed E-state index contributed by atoms with van der Waals surface area (Å²) in [7, 11) is 0. The quantitative estimate of drug-likeness (QED) is 0.0979. The Balaban J connectivity index is 0.00000306. The van der Waals surface area contributed by atoms with Crippen LogP contribution in [0.2, 0.25) is 0 Å². The van der Waals surface area contributed by atoms with Crippen molar-refractivity contribution in [1.82, 2.24) is 0 Å². The Labute approximate surface area is 213 Å². The third-order valence-corrected chi connectivity index (χ3v) is 5.43. The van der Waals surface area contributed by atoms with E-state index >= 15 is 0 Å². The lowest BCUT2D eigenvalue weighted by Gasteiger charge is -2.21. The molecule has 168 valence electrons. The highest BCUT2D eigenvalue weighted by Crippen LogP contribution is 2.24. The van der Waals surface area contributed by atoms with Gasteiger partial charge in [-0.05, 0) is 72.1 Å². The summed E-state index contributed by atoms with van der Waals surface area (Å²) >= 11 is 1.50. The molecule has 1 heterocycles. The lowest BCUT2D eigenvalue weighted by molar-refractivity contribution is -0.120. The Kier molecular flexibility index (Phi) is 8.45. The first-order chi connectivity index (χ1) is 15.6. The van der Waals surface area contributed by atoms with E-state index in [4.69, 9.17) is 10.2 Å². The smallest absolute Gasteiger partial charge is 0.256 e. The van der Waals surface area contributed by atoms with Gasteiger partial charge < -0.3 is 15.5 Å². The summed E-state index contributed by atoms with van der Waals surface area (Å²) in [5.41, 5.74) is 3.28. The fourth-order valence-electron chi connectivity index (χ4n) is 3.00. The number of hydroxylamine groups is 1. The van der Waals surface area contributed by atoms with Crippen LogP contribution in [-0.2, 0) is 4.79 Å². The Morgan fingerprint density at radius 2 is 1.48 bits per heavy atom. The molecule has 0 fully saturated rings. The molecule has 0 spiro atoms. The Morgan fingerprint density at radius 1 is 0.848 bits per heavy atom. The van der Waals surface area contributed by atoms with Crippen LogP contribution < -0.4 is 20.5 Å². The van der Waals surface area contributed by atoms with E-state index in [2.05, 4.69) is 10.6 Å². The fraction of sp³-hybridized carbons (Fsp3) is 0.0400. The zero-order valence-corrected chi connectivity index (χ0v) is 21.0. The molecular formula is C25H23IN4O2S. The second kappa shape index (κ2) is 11.5. The van der Waals surface area contributed by atoms with E-state index in [1.54, 1.807) is 12.1 Å². The topological polar surface area (TPSA) is 77.5 Å². The van der Waals surface area contributed by atoms with E-state index < -0.39 is 0 Å². The minimum Gasteiger partial charge on any atom is -0.372 e. The van der Waals surface area contributed by atoms with Gasteiger partial charge >= 0.3 is 0 Å². The Bertz CT molecular complexity index is 1180. The van der Waals surface area contributed by atoms with E-state index in [0.29, 0.717) is 17.3 Å². The van der Waals surface area contributed by atoms with Gasteiger partial charge in [-0.15, -0.1) is 40.4 Å². The van der Waals surface area contributed by atoms with Crippen LogP contribution in [-0.4, -0.2) is 11.7 Å². The highest BCUT2D eigenvalue weighted by Gasteiger charge is 2.14. The molecule has 4 aromatic rings. The maximum Gasteiger partial charge on any atom is 0.256 e. The van der Waals surface area contributed by atoms with Crippen molar-refractivity contribution in [1.29, 1.82) is 5.41 Å². The van der Waals surface area contributed by atoms with Gasteiger partial charge in [0.05, 0.1) is 10.6 Å². The molecule has 0 radical (unpaired) electrons. The minimum absolute atomic E-state index is 0. The molecule has 1 amide bonds. The van der Waals surface area contributed by atoms with Crippen molar-refractivity contribution < 1.29 is 9.63 Å². The number of halogens is 1. The number of rotatable bonds is 7. The van der Waals surface area contributed by atoms with Crippen LogP contribution in [0, 0.1) is 5.41 Å². The first-order valence-electron chi connectivity index (χ1n) is 9.99. The highest BCUT2D eigenvalue weighted by molar-refractivity contribution is 14.0. The molecule has 0 atom stereocenters. The van der Waals surface area contributed by atoms with Gasteiger partial charge in [0.1, 0.15) is 5.84 Å². The summed E-state index contributed by atoms with van der Waals surface area (Å²) in [6, 6.07) is 28.2. The SMILES string of the molecule is CC(=O)N(Oc1ccc(NC(=N)c2cccs2)cc1)c1ccc(Nc2ccccc2)cc1.I. The number of amidine groups is 1. The number of carbonyl (C=O) groups excluding carboxylic acids is 1. The summed E-state index contributed by atoms with van der Waals surface area (Å²) in [4.78, 5) is 18.9. The van der Waals surface area contributed by atoms with Gasteiger partial charge in [0.2, 0.25) is 0 Å². The van der Waals surface area contributed by atoms with Gasteiger partial charge in [-0.1, -0.05) is 24.3 Å². The van der Waals surface area contributed by atoms with E-state index in [0.717, 1.165) is 21.9 Å². The number of para-hydroxylation sites is 1. The van der Waals surface area contributed by atoms with Gasteiger partial charge in [-0.25, -0.2) is 0 Å². The summed E-state index contributed by atoms with van der Waals surface area (Å²) in [6.45, 7) is 1.45. The van der Waals surface area contributed by atoms with Crippen LogP contribution in [0.1, 0.15) is 11.8 Å². The van der Waals surface area contributed by atoms with Crippen molar-refractivity contribution in [2.24, 2.45) is 0 Å². The van der Waals surface area contributed by atoms with E-state index in [1.165, 1.54) is 23.3 Å². The molecule has 3 aromatic carbocycles. The number of amides is 1. The lowest BCUT2D eigenvalue weighted by Crippen LogP contribution is -2.32. The van der Waals surface area contributed by atoms with Crippen molar-refractivity contribution in [2.75, 3.05) is 15.7 Å². The van der Waals surface area contributed by atoms with Crippen LogP contribution in [0.4, 0.5) is 22.7 Å². The largest absolute Gasteiger partial charge is 0.372 e. The van der Waals surface area contributed by atoms with E-state index in [9.17, 15) is 4.79 Å². The van der Waals surface area contributed by atoms with Gasteiger partial charge in [-0.3, -0.25) is 10.2 Å². The van der Waals surface area contributed by atoms with Crippen LogP contribution in [0.25, 0.3) is 0 Å². The first kappa shape index (κ1) is 24.3. The maximum atomic E-state index is 12.2. The molecule has 4 rings (SSSR count). The molecule has 6 nitrogen and oxygen atoms in total. The highest BCUT2D eigenvalue weighted by atomic mass is 127. The minimum atomic E-state index is -0.240. The molecule has 0 aliphatic carbocycles. The number of hydrogen-bond donors (Lipinski definition) is 3. The third-order valence-electron chi connectivity index (χ3n) is 4.54. The Morgan fingerprint density at radius 3 is 2.09 bits per heavy atom. The molecule has 0 aliphatic rings. The van der Waals surface area contributed by atoms with Crippen molar-refractivity contribution >= 4 is 69.8 Å². The zero-order chi connectivity index (χ0) is 22.3. The lowest BCUT2D eigenvalue weighted by atomic mass is 10.2. The van der Waals surface area contributed by atoms with E-state index in [1.807, 2.05) is 84.2 Å². The monoisotopic (exact) mass is 570 g/mol. The van der Waals surface area contributed by atoms with Crippen LogP contribution in [0.15, 0.2) is 96.4 Å². The van der Waals surface area contributed by atoms with Gasteiger partial charge in [-0.2, -0.15) is 0 Å². The number of hydrogen-bond acceptors (Lipinski definition) is 5. The number of thiophene rings is 1. The number of carbonyl (C=O) groups is 1. The van der Waals surface area contributed by atoms with Crippen LogP contribution in [0.3, 0.4) is 0 Å². The second-order valence-electron chi connectivity index (χ2n) is 6.94. The van der Waals surface area contributed by atoms with Crippen molar-refractivity contribution in [3.63, 3.8) is 0 Å². The van der Waals surface area contributed by atoms with E-state index in [-0.39, 0.29) is 29.9 Å². The van der Waals surface area contributed by atoms with Gasteiger partial charge in [0.25, 0.3) is 5.91 Å².